The van der Waals surface area contributed by atoms with Crippen molar-refractivity contribution in [3.63, 3.8) is 0 Å². The third-order valence-electron chi connectivity index (χ3n) is 0.445. The molecule has 0 bridgehead atoms. The highest BCUT2D eigenvalue weighted by Crippen LogP contribution is 2.02. The van der Waals surface area contributed by atoms with Crippen LogP contribution in [0.2, 0.25) is 0 Å². The first kappa shape index (κ1) is 3.86. The van der Waals surface area contributed by atoms with Gasteiger partial charge in [-0.1, -0.05) is 11.3 Å². The minimum atomic E-state index is -0.193. The van der Waals surface area contributed by atoms with E-state index in [1.54, 1.807) is 0 Å². The predicted molar refractivity (Wildman–Crippen MR) is 32.6 cm³/mol. The number of H-pyrrole nitrogens is 1. The second-order valence-corrected chi connectivity index (χ2v) is 2.50. The monoisotopic (exact) mass is 180 g/mol. The molecule has 0 aliphatic rings. The molecule has 0 radical (unpaired) electrons. The Hall–Kier alpha value is -0.0900. The Kier molecular flexibility index (Phi) is 0.989. The second-order valence-electron chi connectivity index (χ2n) is 0.931. The standard InChI is InChI=1S/C3H2BrNOS/c4-2-1-7-3(6)5-2/h1H,(H,5,6)/i1D. The second kappa shape index (κ2) is 1.79. The lowest BCUT2D eigenvalue weighted by Crippen LogP contribution is -1.89. The van der Waals surface area contributed by atoms with E-state index in [0.29, 0.717) is 4.60 Å². The molecule has 1 aromatic heterocycles. The van der Waals surface area contributed by atoms with Crippen molar-refractivity contribution in [3.8, 4) is 0 Å². The Morgan fingerprint density at radius 3 is 3.00 bits per heavy atom. The summed E-state index contributed by atoms with van der Waals surface area (Å²) in [4.78, 5) is 12.5. The van der Waals surface area contributed by atoms with Gasteiger partial charge in [-0.05, 0) is 15.9 Å². The quantitative estimate of drug-likeness (QED) is 0.640. The van der Waals surface area contributed by atoms with Crippen molar-refractivity contribution in [3.05, 3.63) is 19.6 Å². The van der Waals surface area contributed by atoms with Crippen LogP contribution in [0.5, 0.6) is 0 Å². The van der Waals surface area contributed by atoms with E-state index < -0.39 is 0 Å². The molecule has 7 heavy (non-hydrogen) atoms. The van der Waals surface area contributed by atoms with Gasteiger partial charge in [-0.15, -0.1) is 0 Å². The average molecular weight is 181 g/mol. The molecule has 2 nitrogen and oxygen atoms in total. The molecule has 38 valence electrons. The van der Waals surface area contributed by atoms with Crippen LogP contribution in [0.1, 0.15) is 1.37 Å². The molecule has 0 saturated carbocycles. The number of nitrogens with one attached hydrogen (secondary N) is 1. The predicted octanol–water partition coefficient (Wildman–Crippen LogP) is 1.20. The van der Waals surface area contributed by atoms with Crippen molar-refractivity contribution in [2.24, 2.45) is 0 Å². The molecule has 1 aromatic rings. The van der Waals surface area contributed by atoms with Gasteiger partial charge in [0.05, 0.1) is 5.97 Å². The average Bonchev–Trinajstić information content (AvgIpc) is 1.85. The Labute approximate surface area is 53.7 Å². The van der Waals surface area contributed by atoms with Crippen molar-refractivity contribution >= 4 is 27.3 Å². The molecule has 0 atom stereocenters. The van der Waals surface area contributed by atoms with E-state index in [2.05, 4.69) is 20.9 Å². The highest BCUT2D eigenvalue weighted by atomic mass is 79.9. The summed E-state index contributed by atoms with van der Waals surface area (Å²) < 4.78 is 7.45. The number of aromatic nitrogens is 1. The van der Waals surface area contributed by atoms with Gasteiger partial charge < -0.3 is 4.98 Å². The van der Waals surface area contributed by atoms with Gasteiger partial charge in [-0.2, -0.15) is 0 Å². The lowest BCUT2D eigenvalue weighted by atomic mass is 11.0. The molecule has 0 aliphatic carbocycles. The normalized spacial score (nSPS) is 11.3. The van der Waals surface area contributed by atoms with Gasteiger partial charge in [-0.3, -0.25) is 4.79 Å². The largest absolute Gasteiger partial charge is 0.307 e. The minimum Gasteiger partial charge on any atom is -0.307 e. The van der Waals surface area contributed by atoms with Crippen LogP contribution >= 0.6 is 27.3 Å². The zero-order chi connectivity index (χ0) is 6.15. The molecule has 0 unspecified atom stereocenters. The zero-order valence-electron chi connectivity index (χ0n) is 4.19. The lowest BCUT2D eigenvalue weighted by molar-refractivity contribution is 1.30. The Balaban J connectivity index is 3.35. The van der Waals surface area contributed by atoms with Crippen molar-refractivity contribution in [2.75, 3.05) is 0 Å². The highest BCUT2D eigenvalue weighted by Gasteiger charge is 1.85. The van der Waals surface area contributed by atoms with Crippen LogP contribution in [-0.2, 0) is 0 Å². The summed E-state index contributed by atoms with van der Waals surface area (Å²) in [5.41, 5.74) is 0. The van der Waals surface area contributed by atoms with Crippen molar-refractivity contribution in [1.29, 1.82) is 0 Å². The zero-order valence-corrected chi connectivity index (χ0v) is 5.60. The Bertz CT molecular complexity index is 219. The maximum absolute atomic E-state index is 10.3. The van der Waals surface area contributed by atoms with Gasteiger partial charge >= 0.3 is 4.87 Å². The molecule has 1 rings (SSSR count). The van der Waals surface area contributed by atoms with Crippen molar-refractivity contribution in [2.45, 2.75) is 0 Å². The molecule has 0 fully saturated rings. The maximum atomic E-state index is 10.3. The van der Waals surface area contributed by atoms with Crippen LogP contribution in [0, 0.1) is 0 Å². The molecule has 0 amide bonds. The van der Waals surface area contributed by atoms with E-state index in [0.717, 1.165) is 11.3 Å². The molecule has 0 aliphatic heterocycles. The fourth-order valence-electron chi connectivity index (χ4n) is 0.232. The molecule has 0 aromatic carbocycles. The molecule has 1 heterocycles. The van der Waals surface area contributed by atoms with Gasteiger partial charge in [0.1, 0.15) is 0 Å². The third kappa shape index (κ3) is 1.14. The lowest BCUT2D eigenvalue weighted by Gasteiger charge is -1.65. The van der Waals surface area contributed by atoms with Gasteiger partial charge in [-0.25, -0.2) is 0 Å². The fraction of sp³-hybridized carbons (Fsp3) is 0. The van der Waals surface area contributed by atoms with E-state index >= 15 is 0 Å². The number of aromatic amines is 1. The van der Waals surface area contributed by atoms with Crippen LogP contribution in [0.15, 0.2) is 14.8 Å². The van der Waals surface area contributed by atoms with Gasteiger partial charge in [0.25, 0.3) is 0 Å². The molecule has 0 spiro atoms. The summed E-state index contributed by atoms with van der Waals surface area (Å²) in [6.45, 7) is 0. The van der Waals surface area contributed by atoms with Crippen molar-refractivity contribution < 1.29 is 1.37 Å². The molecular formula is C3H2BrNOS. The van der Waals surface area contributed by atoms with Gasteiger partial charge in [0.2, 0.25) is 0 Å². The highest BCUT2D eigenvalue weighted by molar-refractivity contribution is 9.10. The van der Waals surface area contributed by atoms with E-state index in [9.17, 15) is 4.79 Å². The van der Waals surface area contributed by atoms with Crippen LogP contribution in [0.25, 0.3) is 0 Å². The third-order valence-corrected chi connectivity index (χ3v) is 1.70. The molecular weight excluding hydrogens is 178 g/mol. The molecule has 0 saturated heterocycles. The van der Waals surface area contributed by atoms with Gasteiger partial charge in [0, 0.05) is 5.36 Å². The first-order chi connectivity index (χ1) is 3.70. The summed E-state index contributed by atoms with van der Waals surface area (Å²) in [5.74, 6) is 0. The summed E-state index contributed by atoms with van der Waals surface area (Å²) in [7, 11) is 0. The van der Waals surface area contributed by atoms with Crippen molar-refractivity contribution in [1.82, 2.24) is 4.98 Å². The summed E-state index contributed by atoms with van der Waals surface area (Å²) in [6.07, 6.45) is 0. The number of rotatable bonds is 0. The number of hydrogen-bond donors (Lipinski definition) is 1. The first-order valence-corrected chi connectivity index (χ1v) is 3.16. The van der Waals surface area contributed by atoms with E-state index in [4.69, 9.17) is 1.37 Å². The molecule has 1 N–H and O–H groups in total. The summed E-state index contributed by atoms with van der Waals surface area (Å²) >= 11 is 3.86. The van der Waals surface area contributed by atoms with Crippen LogP contribution in [0.3, 0.4) is 0 Å². The van der Waals surface area contributed by atoms with Crippen LogP contribution in [-0.4, -0.2) is 4.98 Å². The topological polar surface area (TPSA) is 32.9 Å². The number of halogens is 1. The number of thiazole rings is 1. The van der Waals surface area contributed by atoms with E-state index in [1.165, 1.54) is 0 Å². The summed E-state index contributed by atoms with van der Waals surface area (Å²) in [6, 6.07) is 0. The van der Waals surface area contributed by atoms with Gasteiger partial charge in [0.15, 0.2) is 0 Å². The van der Waals surface area contributed by atoms with E-state index in [1.807, 2.05) is 0 Å². The van der Waals surface area contributed by atoms with E-state index in [-0.39, 0.29) is 10.2 Å². The van der Waals surface area contributed by atoms with Crippen LogP contribution < -0.4 is 4.87 Å². The number of hydrogen-bond acceptors (Lipinski definition) is 2. The molecule has 4 heteroatoms. The van der Waals surface area contributed by atoms with Crippen LogP contribution in [0.4, 0.5) is 0 Å². The maximum Gasteiger partial charge on any atom is 0.305 e. The Morgan fingerprint density at radius 2 is 2.86 bits per heavy atom. The fourth-order valence-corrected chi connectivity index (χ4v) is 1.17. The first-order valence-electron chi connectivity index (χ1n) is 2.05. The smallest absolute Gasteiger partial charge is 0.305 e. The minimum absolute atomic E-state index is 0.193. The summed E-state index contributed by atoms with van der Waals surface area (Å²) in [5, 5.41) is 0.245. The Morgan fingerprint density at radius 1 is 2.14 bits per heavy atom. The SMILES string of the molecule is [2H]c1sc(=O)[nH]c1Br.